The predicted octanol–water partition coefficient (Wildman–Crippen LogP) is 5.38. The van der Waals surface area contributed by atoms with E-state index in [4.69, 9.17) is 11.6 Å². The van der Waals surface area contributed by atoms with Gasteiger partial charge in [-0.1, -0.05) is 66.2 Å². The zero-order valence-corrected chi connectivity index (χ0v) is 18.6. The van der Waals surface area contributed by atoms with Crippen molar-refractivity contribution in [2.24, 2.45) is 0 Å². The third-order valence-electron chi connectivity index (χ3n) is 5.92. The number of benzene rings is 2. The van der Waals surface area contributed by atoms with E-state index in [0.717, 1.165) is 42.6 Å². The van der Waals surface area contributed by atoms with Crippen LogP contribution < -0.4 is 10.2 Å². The van der Waals surface area contributed by atoms with Crippen LogP contribution in [-0.4, -0.2) is 29.0 Å². The molecule has 2 heterocycles. The molecule has 6 heteroatoms. The van der Waals surface area contributed by atoms with Crippen LogP contribution in [0.1, 0.15) is 49.8 Å². The highest BCUT2D eigenvalue weighted by Gasteiger charge is 2.23. The van der Waals surface area contributed by atoms with Gasteiger partial charge in [-0.25, -0.2) is 9.97 Å². The third-order valence-corrected chi connectivity index (χ3v) is 6.21. The zero-order valence-electron chi connectivity index (χ0n) is 17.9. The van der Waals surface area contributed by atoms with Gasteiger partial charge in [-0.3, -0.25) is 4.79 Å². The normalized spacial score (nSPS) is 15.5. The number of piperidine rings is 1. The lowest BCUT2D eigenvalue weighted by molar-refractivity contribution is -0.119. The van der Waals surface area contributed by atoms with Crippen LogP contribution in [0.2, 0.25) is 5.15 Å². The molecular weight excluding hydrogens is 408 g/mol. The molecule has 1 amide bonds. The van der Waals surface area contributed by atoms with Crippen LogP contribution in [0.3, 0.4) is 0 Å². The van der Waals surface area contributed by atoms with E-state index in [9.17, 15) is 4.79 Å². The Bertz CT molecular complexity index is 1030. The van der Waals surface area contributed by atoms with E-state index in [1.165, 1.54) is 5.56 Å². The summed E-state index contributed by atoms with van der Waals surface area (Å²) in [6, 6.07) is 18.6. The summed E-state index contributed by atoms with van der Waals surface area (Å²) in [6.07, 6.45) is 3.91. The van der Waals surface area contributed by atoms with E-state index in [2.05, 4.69) is 44.5 Å². The van der Waals surface area contributed by atoms with Crippen LogP contribution in [0.5, 0.6) is 0 Å². The number of anilines is 1. The van der Waals surface area contributed by atoms with Crippen molar-refractivity contribution in [3.8, 4) is 11.1 Å². The smallest absolute Gasteiger partial charge is 0.226 e. The lowest BCUT2D eigenvalue weighted by Gasteiger charge is -2.32. The van der Waals surface area contributed by atoms with E-state index in [1.54, 1.807) is 6.92 Å². The number of carbonyl (C=O) groups is 1. The molecule has 0 aliphatic carbocycles. The second-order valence-electron chi connectivity index (χ2n) is 8.09. The lowest BCUT2D eigenvalue weighted by atomic mass is 9.88. The van der Waals surface area contributed by atoms with Crippen molar-refractivity contribution >= 4 is 23.5 Å². The van der Waals surface area contributed by atoms with E-state index < -0.39 is 0 Å². The minimum absolute atomic E-state index is 0.0110. The quantitative estimate of drug-likeness (QED) is 0.548. The molecule has 0 spiro atoms. The summed E-state index contributed by atoms with van der Waals surface area (Å²) in [5, 5.41) is 3.42. The van der Waals surface area contributed by atoms with Crippen LogP contribution in [0.15, 0.2) is 60.8 Å². The average molecular weight is 435 g/mol. The molecule has 1 atom stereocenters. The molecule has 1 N–H and O–H groups in total. The molecule has 5 nitrogen and oxygen atoms in total. The third kappa shape index (κ3) is 5.05. The maximum atomic E-state index is 11.3. The zero-order chi connectivity index (χ0) is 21.8. The van der Waals surface area contributed by atoms with Crippen molar-refractivity contribution in [3.05, 3.63) is 77.1 Å². The van der Waals surface area contributed by atoms with E-state index in [1.807, 2.05) is 43.5 Å². The van der Waals surface area contributed by atoms with Crippen LogP contribution in [0, 0.1) is 0 Å². The molecule has 31 heavy (non-hydrogen) atoms. The molecule has 0 bridgehead atoms. The first-order chi connectivity index (χ1) is 15.0. The summed E-state index contributed by atoms with van der Waals surface area (Å²) in [6.45, 7) is 5.35. The molecule has 3 aromatic rings. The first kappa shape index (κ1) is 21.3. The number of carbonyl (C=O) groups excluding carboxylic acids is 1. The summed E-state index contributed by atoms with van der Waals surface area (Å²) < 4.78 is 0. The van der Waals surface area contributed by atoms with Gasteiger partial charge in [0.25, 0.3) is 0 Å². The van der Waals surface area contributed by atoms with E-state index in [-0.39, 0.29) is 11.9 Å². The second kappa shape index (κ2) is 9.48. The molecule has 0 unspecified atom stereocenters. The Morgan fingerprint density at radius 3 is 2.39 bits per heavy atom. The van der Waals surface area contributed by atoms with Crippen LogP contribution >= 0.6 is 11.6 Å². The minimum Gasteiger partial charge on any atom is -0.350 e. The Morgan fingerprint density at radius 1 is 1.10 bits per heavy atom. The summed E-state index contributed by atoms with van der Waals surface area (Å²) in [7, 11) is 0. The van der Waals surface area contributed by atoms with Crippen molar-refractivity contribution in [2.75, 3.05) is 18.0 Å². The van der Waals surface area contributed by atoms with Crippen molar-refractivity contribution in [1.29, 1.82) is 0 Å². The van der Waals surface area contributed by atoms with Crippen molar-refractivity contribution in [1.82, 2.24) is 15.3 Å². The Hall–Kier alpha value is -2.92. The summed E-state index contributed by atoms with van der Waals surface area (Å²) >= 11 is 6.48. The van der Waals surface area contributed by atoms with Gasteiger partial charge in [0, 0.05) is 31.8 Å². The fourth-order valence-electron chi connectivity index (χ4n) is 4.17. The van der Waals surface area contributed by atoms with Crippen LogP contribution in [-0.2, 0) is 4.79 Å². The largest absolute Gasteiger partial charge is 0.350 e. The van der Waals surface area contributed by atoms with Gasteiger partial charge in [0.1, 0.15) is 5.15 Å². The van der Waals surface area contributed by atoms with Crippen molar-refractivity contribution < 1.29 is 4.79 Å². The highest BCUT2D eigenvalue weighted by atomic mass is 35.5. The molecule has 160 valence electrons. The van der Waals surface area contributed by atoms with Crippen molar-refractivity contribution in [2.45, 2.75) is 38.6 Å². The van der Waals surface area contributed by atoms with Gasteiger partial charge in [0.15, 0.2) is 0 Å². The molecule has 4 rings (SSSR count). The molecule has 1 saturated heterocycles. The highest BCUT2D eigenvalue weighted by molar-refractivity contribution is 6.32. The first-order valence-electron chi connectivity index (χ1n) is 10.7. The Balaban J connectivity index is 1.39. The number of rotatable bonds is 5. The SMILES string of the molecule is CC(=O)N[C@@H](C)c1ccc(C2CCN(c3ncc(-c4ccccc4)c(Cl)n3)CC2)cc1. The van der Waals surface area contributed by atoms with Gasteiger partial charge >= 0.3 is 0 Å². The molecule has 0 saturated carbocycles. The van der Waals surface area contributed by atoms with Gasteiger partial charge in [-0.05, 0) is 42.4 Å². The number of nitrogens with one attached hydrogen (secondary N) is 1. The number of nitrogens with zero attached hydrogens (tertiary/aromatic N) is 3. The minimum atomic E-state index is -0.0110. The average Bonchev–Trinajstić information content (AvgIpc) is 2.79. The first-order valence-corrected chi connectivity index (χ1v) is 11.1. The summed E-state index contributed by atoms with van der Waals surface area (Å²) in [4.78, 5) is 22.6. The molecule has 2 aromatic carbocycles. The topological polar surface area (TPSA) is 58.1 Å². The fourth-order valence-corrected chi connectivity index (χ4v) is 4.41. The van der Waals surface area contributed by atoms with E-state index in [0.29, 0.717) is 17.0 Å². The number of hydrogen-bond donors (Lipinski definition) is 1. The van der Waals surface area contributed by atoms with Gasteiger partial charge in [-0.2, -0.15) is 0 Å². The number of halogens is 1. The Kier molecular flexibility index (Phi) is 6.52. The highest BCUT2D eigenvalue weighted by Crippen LogP contribution is 2.32. The molecule has 1 aliphatic rings. The fraction of sp³-hybridized carbons (Fsp3) is 0.320. The van der Waals surface area contributed by atoms with Gasteiger partial charge in [0.05, 0.1) is 6.04 Å². The molecular formula is C25H27ClN4O. The summed E-state index contributed by atoms with van der Waals surface area (Å²) in [5.74, 6) is 1.20. The molecule has 0 radical (unpaired) electrons. The second-order valence-corrected chi connectivity index (χ2v) is 8.45. The maximum absolute atomic E-state index is 11.3. The monoisotopic (exact) mass is 434 g/mol. The van der Waals surface area contributed by atoms with Gasteiger partial charge in [-0.15, -0.1) is 0 Å². The van der Waals surface area contributed by atoms with Crippen molar-refractivity contribution in [3.63, 3.8) is 0 Å². The Labute approximate surface area is 188 Å². The number of amides is 1. The summed E-state index contributed by atoms with van der Waals surface area (Å²) in [5.41, 5.74) is 4.35. The standard InChI is InChI=1S/C25H27ClN4O/c1-17(28-18(2)31)19-8-10-20(11-9-19)21-12-14-30(15-13-21)25-27-16-23(24(26)29-25)22-6-4-3-5-7-22/h3-11,16-17,21H,12-15H2,1-2H3,(H,28,31)/t17-/m0/s1. The molecule has 1 aliphatic heterocycles. The van der Waals surface area contributed by atoms with Crippen LogP contribution in [0.25, 0.3) is 11.1 Å². The Morgan fingerprint density at radius 2 is 1.77 bits per heavy atom. The van der Waals surface area contributed by atoms with E-state index >= 15 is 0 Å². The number of aromatic nitrogens is 2. The number of hydrogen-bond acceptors (Lipinski definition) is 4. The molecule has 1 aromatic heterocycles. The maximum Gasteiger partial charge on any atom is 0.226 e. The predicted molar refractivity (Wildman–Crippen MR) is 125 cm³/mol. The van der Waals surface area contributed by atoms with Crippen LogP contribution in [0.4, 0.5) is 5.95 Å². The van der Waals surface area contributed by atoms with Gasteiger partial charge in [0.2, 0.25) is 11.9 Å². The lowest BCUT2D eigenvalue weighted by Crippen LogP contribution is -2.34. The van der Waals surface area contributed by atoms with Gasteiger partial charge < -0.3 is 10.2 Å². The molecule has 1 fully saturated rings.